The number of carbonyl (C=O) groups is 1. The number of nitrogens with zero attached hydrogens (tertiary/aromatic N) is 1. The van der Waals surface area contributed by atoms with E-state index in [1.807, 2.05) is 13.8 Å². The molecule has 23 heavy (non-hydrogen) atoms. The summed E-state index contributed by atoms with van der Waals surface area (Å²) < 4.78 is 30.9. The van der Waals surface area contributed by atoms with E-state index in [4.69, 9.17) is 4.74 Å². The molecule has 1 N–H and O–H groups in total. The van der Waals surface area contributed by atoms with E-state index in [-0.39, 0.29) is 16.6 Å². The third-order valence-corrected chi connectivity index (χ3v) is 4.89. The Balaban J connectivity index is 3.05. The minimum atomic E-state index is -3.63. The Kier molecular flexibility index (Phi) is 6.78. The van der Waals surface area contributed by atoms with Crippen LogP contribution < -0.4 is 10.1 Å². The van der Waals surface area contributed by atoms with Gasteiger partial charge in [-0.25, -0.2) is 12.7 Å². The number of benzene rings is 1. The molecule has 0 aromatic heterocycles. The third-order valence-electron chi connectivity index (χ3n) is 3.06. The van der Waals surface area contributed by atoms with Gasteiger partial charge in [-0.05, 0) is 29.7 Å². The van der Waals surface area contributed by atoms with E-state index < -0.39 is 10.0 Å². The summed E-state index contributed by atoms with van der Waals surface area (Å²) in [6.45, 7) is 4.60. The predicted octanol–water partition coefficient (Wildman–Crippen LogP) is 1.73. The summed E-state index contributed by atoms with van der Waals surface area (Å²) in [5, 5.41) is 2.76. The lowest BCUT2D eigenvalue weighted by molar-refractivity contribution is -0.116. The molecule has 1 aromatic rings. The normalized spacial score (nSPS) is 12.1. The molecule has 0 heterocycles. The number of rotatable bonds is 7. The minimum absolute atomic E-state index is 0.0646. The highest BCUT2D eigenvalue weighted by Gasteiger charge is 2.22. The van der Waals surface area contributed by atoms with Gasteiger partial charge in [0.1, 0.15) is 10.6 Å². The number of carbonyl (C=O) groups excluding carboxylic acids is 1. The van der Waals surface area contributed by atoms with Crippen molar-refractivity contribution >= 4 is 22.0 Å². The van der Waals surface area contributed by atoms with Crippen molar-refractivity contribution in [3.8, 4) is 5.75 Å². The van der Waals surface area contributed by atoms with Gasteiger partial charge in [-0.1, -0.05) is 19.9 Å². The highest BCUT2D eigenvalue weighted by atomic mass is 32.2. The van der Waals surface area contributed by atoms with Gasteiger partial charge in [0.2, 0.25) is 15.9 Å². The van der Waals surface area contributed by atoms with Gasteiger partial charge in [-0.2, -0.15) is 0 Å². The van der Waals surface area contributed by atoms with E-state index in [1.54, 1.807) is 18.2 Å². The van der Waals surface area contributed by atoms with Crippen LogP contribution in [-0.2, 0) is 14.8 Å². The van der Waals surface area contributed by atoms with Crippen molar-refractivity contribution in [1.29, 1.82) is 0 Å². The molecule has 0 atom stereocenters. The number of nitrogens with one attached hydrogen (secondary N) is 1. The summed E-state index contributed by atoms with van der Waals surface area (Å²) in [5.74, 6) is 0.414. The molecule has 1 amide bonds. The first-order valence-electron chi connectivity index (χ1n) is 7.25. The maximum absolute atomic E-state index is 12.3. The molecule has 0 spiro atoms. The fraction of sp³-hybridized carbons (Fsp3) is 0.438. The van der Waals surface area contributed by atoms with E-state index in [1.165, 1.54) is 33.3 Å². The lowest BCUT2D eigenvalue weighted by Crippen LogP contribution is -2.25. The molecule has 0 aliphatic carbocycles. The second kappa shape index (κ2) is 8.12. The molecule has 7 heteroatoms. The molecule has 0 unspecified atom stereocenters. The van der Waals surface area contributed by atoms with E-state index in [0.29, 0.717) is 18.0 Å². The highest BCUT2D eigenvalue weighted by molar-refractivity contribution is 7.89. The lowest BCUT2D eigenvalue weighted by Gasteiger charge is -2.15. The van der Waals surface area contributed by atoms with E-state index in [2.05, 4.69) is 5.32 Å². The average molecular weight is 340 g/mol. The van der Waals surface area contributed by atoms with E-state index >= 15 is 0 Å². The molecule has 6 nitrogen and oxygen atoms in total. The van der Waals surface area contributed by atoms with E-state index in [0.717, 1.165) is 4.31 Å². The summed E-state index contributed by atoms with van der Waals surface area (Å²) in [6, 6.07) is 4.75. The topological polar surface area (TPSA) is 75.7 Å². The largest absolute Gasteiger partial charge is 0.495 e. The maximum atomic E-state index is 12.3. The molecule has 0 aliphatic heterocycles. The average Bonchev–Trinajstić information content (AvgIpc) is 2.50. The van der Waals surface area contributed by atoms with Crippen molar-refractivity contribution in [2.24, 2.45) is 5.92 Å². The third kappa shape index (κ3) is 5.37. The fourth-order valence-electron chi connectivity index (χ4n) is 1.73. The Bertz CT molecular complexity index is 679. The zero-order chi connectivity index (χ0) is 17.6. The first-order valence-corrected chi connectivity index (χ1v) is 8.69. The van der Waals surface area contributed by atoms with Gasteiger partial charge >= 0.3 is 0 Å². The Labute approximate surface area is 138 Å². The van der Waals surface area contributed by atoms with Gasteiger partial charge in [0.15, 0.2) is 0 Å². The van der Waals surface area contributed by atoms with Gasteiger partial charge in [0.25, 0.3) is 0 Å². The first-order chi connectivity index (χ1) is 10.7. The highest BCUT2D eigenvalue weighted by Crippen LogP contribution is 2.27. The first kappa shape index (κ1) is 19.2. The molecule has 0 fully saturated rings. The quantitative estimate of drug-likeness (QED) is 0.767. The van der Waals surface area contributed by atoms with Gasteiger partial charge < -0.3 is 10.1 Å². The molecule has 0 saturated carbocycles. The summed E-state index contributed by atoms with van der Waals surface area (Å²) >= 11 is 0. The van der Waals surface area contributed by atoms with Crippen LogP contribution in [0, 0.1) is 5.92 Å². The minimum Gasteiger partial charge on any atom is -0.495 e. The second-order valence-electron chi connectivity index (χ2n) is 5.67. The van der Waals surface area contributed by atoms with Crippen LogP contribution in [0.15, 0.2) is 29.2 Å². The number of amides is 1. The maximum Gasteiger partial charge on any atom is 0.246 e. The Morgan fingerprint density at radius 1 is 1.35 bits per heavy atom. The number of sulfonamides is 1. The molecule has 128 valence electrons. The van der Waals surface area contributed by atoms with Gasteiger partial charge in [0.05, 0.1) is 7.11 Å². The van der Waals surface area contributed by atoms with Crippen molar-refractivity contribution in [1.82, 2.24) is 9.62 Å². The lowest BCUT2D eigenvalue weighted by atomic mass is 10.2. The SMILES string of the molecule is COc1ccc(/C=C/C(=O)NCC(C)C)cc1S(=O)(=O)N(C)C. The van der Waals surface area contributed by atoms with Crippen LogP contribution >= 0.6 is 0 Å². The summed E-state index contributed by atoms with van der Waals surface area (Å²) in [7, 11) is 0.697. The molecule has 0 aliphatic rings. The number of methoxy groups -OCH3 is 1. The van der Waals surface area contributed by atoms with Crippen LogP contribution in [0.25, 0.3) is 6.08 Å². The molecule has 1 rings (SSSR count). The van der Waals surface area contributed by atoms with Crippen molar-refractivity contribution < 1.29 is 17.9 Å². The smallest absolute Gasteiger partial charge is 0.246 e. The summed E-state index contributed by atoms with van der Waals surface area (Å²) in [5.41, 5.74) is 0.603. The fourth-order valence-corrected chi connectivity index (χ4v) is 2.81. The van der Waals surface area contributed by atoms with Crippen LogP contribution in [0.5, 0.6) is 5.75 Å². The number of hydrogen-bond acceptors (Lipinski definition) is 4. The predicted molar refractivity (Wildman–Crippen MR) is 90.7 cm³/mol. The molecule has 0 bridgehead atoms. The van der Waals surface area contributed by atoms with Gasteiger partial charge in [-0.15, -0.1) is 0 Å². The van der Waals surface area contributed by atoms with Crippen LogP contribution in [0.4, 0.5) is 0 Å². The van der Waals surface area contributed by atoms with Crippen LogP contribution in [-0.4, -0.2) is 46.4 Å². The van der Waals surface area contributed by atoms with Crippen molar-refractivity contribution in [2.75, 3.05) is 27.7 Å². The van der Waals surface area contributed by atoms with Crippen molar-refractivity contribution in [3.63, 3.8) is 0 Å². The summed E-state index contributed by atoms with van der Waals surface area (Å²) in [6.07, 6.45) is 2.96. The molecule has 0 saturated heterocycles. The van der Waals surface area contributed by atoms with Crippen LogP contribution in [0.2, 0.25) is 0 Å². The number of ether oxygens (including phenoxy) is 1. The molecular formula is C16H24N2O4S. The van der Waals surface area contributed by atoms with Gasteiger partial charge in [0, 0.05) is 26.7 Å². The van der Waals surface area contributed by atoms with Crippen LogP contribution in [0.3, 0.4) is 0 Å². The van der Waals surface area contributed by atoms with Crippen LogP contribution in [0.1, 0.15) is 19.4 Å². The van der Waals surface area contributed by atoms with Crippen molar-refractivity contribution in [2.45, 2.75) is 18.7 Å². The molecular weight excluding hydrogens is 316 g/mol. The Hall–Kier alpha value is -1.86. The standard InChI is InChI=1S/C16H24N2O4S/c1-12(2)11-17-16(19)9-7-13-6-8-14(22-5)15(10-13)23(20,21)18(3)4/h6-10,12H,11H2,1-5H3,(H,17,19)/b9-7+. The van der Waals surface area contributed by atoms with Gasteiger partial charge in [-0.3, -0.25) is 4.79 Å². The molecule has 1 aromatic carbocycles. The second-order valence-corrected chi connectivity index (χ2v) is 7.79. The zero-order valence-corrected chi connectivity index (χ0v) is 15.0. The van der Waals surface area contributed by atoms with Crippen molar-refractivity contribution in [3.05, 3.63) is 29.8 Å². The number of hydrogen-bond donors (Lipinski definition) is 1. The Morgan fingerprint density at radius 3 is 2.52 bits per heavy atom. The Morgan fingerprint density at radius 2 is 2.00 bits per heavy atom. The zero-order valence-electron chi connectivity index (χ0n) is 14.2. The van der Waals surface area contributed by atoms with E-state index in [9.17, 15) is 13.2 Å². The monoisotopic (exact) mass is 340 g/mol. The summed E-state index contributed by atoms with van der Waals surface area (Å²) in [4.78, 5) is 11.7. The molecule has 0 radical (unpaired) electrons.